The van der Waals surface area contributed by atoms with E-state index in [9.17, 15) is 9.59 Å². The van der Waals surface area contributed by atoms with Crippen molar-refractivity contribution in [3.05, 3.63) is 0 Å². The van der Waals surface area contributed by atoms with Crippen molar-refractivity contribution in [2.24, 2.45) is 11.3 Å². The molecule has 1 aliphatic heterocycles. The van der Waals surface area contributed by atoms with Gasteiger partial charge in [0.15, 0.2) is 11.9 Å². The van der Waals surface area contributed by atoms with Crippen LogP contribution in [0, 0.1) is 11.3 Å². The van der Waals surface area contributed by atoms with E-state index in [0.717, 1.165) is 38.8 Å². The first-order valence-corrected chi connectivity index (χ1v) is 6.50. The third-order valence-corrected chi connectivity index (χ3v) is 4.11. The van der Waals surface area contributed by atoms with Gasteiger partial charge >= 0.3 is 0 Å². The Kier molecular flexibility index (Phi) is 3.82. The monoisotopic (exact) mass is 239 g/mol. The molecule has 1 aliphatic carbocycles. The summed E-state index contributed by atoms with van der Waals surface area (Å²) in [5.41, 5.74) is -0.208. The van der Waals surface area contributed by atoms with Crippen molar-refractivity contribution in [2.45, 2.75) is 45.1 Å². The standard InChI is InChI=1S/C13H21NO3/c1-13(4-5-13)12(16)11(17-9-15)8-10-2-6-14-7-3-10/h9-11,14H,2-8H2,1H3. The number of Topliss-reactive ketones (excluding diaryl/α,β-unsaturated/α-hetero) is 1. The van der Waals surface area contributed by atoms with Gasteiger partial charge in [-0.2, -0.15) is 0 Å². The lowest BCUT2D eigenvalue weighted by Crippen LogP contribution is -2.35. The largest absolute Gasteiger partial charge is 0.457 e. The van der Waals surface area contributed by atoms with Crippen molar-refractivity contribution >= 4 is 12.3 Å². The van der Waals surface area contributed by atoms with E-state index >= 15 is 0 Å². The molecule has 0 spiro atoms. The average molecular weight is 239 g/mol. The number of ether oxygens (including phenoxy) is 1. The Balaban J connectivity index is 1.91. The molecule has 1 unspecified atom stereocenters. The molecule has 96 valence electrons. The van der Waals surface area contributed by atoms with E-state index in [0.29, 0.717) is 18.8 Å². The highest BCUT2D eigenvalue weighted by molar-refractivity contribution is 5.91. The predicted molar refractivity (Wildman–Crippen MR) is 63.5 cm³/mol. The Morgan fingerprint density at radius 1 is 1.47 bits per heavy atom. The van der Waals surface area contributed by atoms with Crippen LogP contribution in [0.5, 0.6) is 0 Å². The van der Waals surface area contributed by atoms with Gasteiger partial charge in [0.1, 0.15) is 0 Å². The van der Waals surface area contributed by atoms with Gasteiger partial charge in [-0.3, -0.25) is 9.59 Å². The Labute approximate surface area is 102 Å². The molecule has 1 N–H and O–H groups in total. The first-order chi connectivity index (χ1) is 8.15. The van der Waals surface area contributed by atoms with E-state index < -0.39 is 6.10 Å². The molecule has 0 bridgehead atoms. The molecule has 2 aliphatic rings. The van der Waals surface area contributed by atoms with Crippen LogP contribution in [0.1, 0.15) is 39.0 Å². The highest BCUT2D eigenvalue weighted by Crippen LogP contribution is 2.47. The Morgan fingerprint density at radius 2 is 2.12 bits per heavy atom. The minimum atomic E-state index is -0.511. The van der Waals surface area contributed by atoms with Crippen LogP contribution in [0.3, 0.4) is 0 Å². The van der Waals surface area contributed by atoms with E-state index in [1.807, 2.05) is 6.92 Å². The zero-order valence-electron chi connectivity index (χ0n) is 10.4. The van der Waals surface area contributed by atoms with Crippen LogP contribution in [-0.4, -0.2) is 31.4 Å². The lowest BCUT2D eigenvalue weighted by Gasteiger charge is -2.26. The molecule has 0 amide bonds. The third kappa shape index (κ3) is 3.06. The molecule has 0 aromatic rings. The third-order valence-electron chi connectivity index (χ3n) is 4.11. The zero-order chi connectivity index (χ0) is 12.3. The molecular weight excluding hydrogens is 218 g/mol. The number of hydrogen-bond donors (Lipinski definition) is 1. The van der Waals surface area contributed by atoms with Crippen LogP contribution in [0.4, 0.5) is 0 Å². The summed E-state index contributed by atoms with van der Waals surface area (Å²) in [6.07, 6.45) is 4.22. The predicted octanol–water partition coefficient (Wildman–Crippen LogP) is 1.29. The minimum absolute atomic E-state index is 0.128. The molecule has 1 saturated heterocycles. The van der Waals surface area contributed by atoms with Gasteiger partial charge in [-0.15, -0.1) is 0 Å². The first-order valence-electron chi connectivity index (χ1n) is 6.50. The van der Waals surface area contributed by atoms with E-state index in [-0.39, 0.29) is 11.2 Å². The van der Waals surface area contributed by atoms with Crippen LogP contribution >= 0.6 is 0 Å². The van der Waals surface area contributed by atoms with Gasteiger partial charge in [0.05, 0.1) is 0 Å². The van der Waals surface area contributed by atoms with Crippen LogP contribution in [0.2, 0.25) is 0 Å². The molecule has 2 fully saturated rings. The Hall–Kier alpha value is -0.900. The molecule has 1 atom stereocenters. The zero-order valence-corrected chi connectivity index (χ0v) is 10.4. The molecule has 1 heterocycles. The topological polar surface area (TPSA) is 55.4 Å². The van der Waals surface area contributed by atoms with E-state index in [4.69, 9.17) is 4.74 Å². The average Bonchev–Trinajstić information content (AvgIpc) is 3.09. The summed E-state index contributed by atoms with van der Waals surface area (Å²) in [6, 6.07) is 0. The molecule has 0 aromatic heterocycles. The number of nitrogens with one attached hydrogen (secondary N) is 1. The smallest absolute Gasteiger partial charge is 0.293 e. The van der Waals surface area contributed by atoms with Crippen LogP contribution in [0.15, 0.2) is 0 Å². The molecular formula is C13H21NO3. The van der Waals surface area contributed by atoms with Crippen LogP contribution in [-0.2, 0) is 14.3 Å². The fourth-order valence-corrected chi connectivity index (χ4v) is 2.53. The number of carbonyl (C=O) groups excluding carboxylic acids is 2. The summed E-state index contributed by atoms with van der Waals surface area (Å²) in [5.74, 6) is 0.635. The second kappa shape index (κ2) is 5.17. The van der Waals surface area contributed by atoms with Gasteiger partial charge < -0.3 is 10.1 Å². The van der Waals surface area contributed by atoms with Gasteiger partial charge in [0, 0.05) is 5.41 Å². The quantitative estimate of drug-likeness (QED) is 0.710. The van der Waals surface area contributed by atoms with Gasteiger partial charge in [-0.05, 0) is 51.1 Å². The summed E-state index contributed by atoms with van der Waals surface area (Å²) >= 11 is 0. The molecule has 2 rings (SSSR count). The van der Waals surface area contributed by atoms with E-state index in [1.165, 1.54) is 0 Å². The van der Waals surface area contributed by atoms with Crippen molar-refractivity contribution in [1.29, 1.82) is 0 Å². The Morgan fingerprint density at radius 3 is 2.65 bits per heavy atom. The van der Waals surface area contributed by atoms with Crippen molar-refractivity contribution in [1.82, 2.24) is 5.32 Å². The highest BCUT2D eigenvalue weighted by Gasteiger charge is 2.48. The minimum Gasteiger partial charge on any atom is -0.457 e. The van der Waals surface area contributed by atoms with Crippen molar-refractivity contribution in [3.8, 4) is 0 Å². The van der Waals surface area contributed by atoms with Crippen molar-refractivity contribution in [2.75, 3.05) is 13.1 Å². The number of piperidine rings is 1. The van der Waals surface area contributed by atoms with Gasteiger partial charge in [-0.25, -0.2) is 0 Å². The lowest BCUT2D eigenvalue weighted by molar-refractivity contribution is -0.147. The number of hydrogen-bond acceptors (Lipinski definition) is 4. The summed E-state index contributed by atoms with van der Waals surface area (Å²) in [4.78, 5) is 22.7. The maximum absolute atomic E-state index is 12.2. The van der Waals surface area contributed by atoms with Gasteiger partial charge in [-0.1, -0.05) is 6.92 Å². The summed E-state index contributed by atoms with van der Waals surface area (Å²) in [7, 11) is 0. The molecule has 4 heteroatoms. The maximum atomic E-state index is 12.2. The molecule has 17 heavy (non-hydrogen) atoms. The molecule has 0 aromatic carbocycles. The SMILES string of the molecule is CC1(C(=O)C(CC2CCNCC2)OC=O)CC1. The number of carbonyl (C=O) groups is 2. The summed E-state index contributed by atoms with van der Waals surface area (Å²) < 4.78 is 5.02. The summed E-state index contributed by atoms with van der Waals surface area (Å²) in [6.45, 7) is 4.40. The second-order valence-corrected chi connectivity index (χ2v) is 5.57. The second-order valence-electron chi connectivity index (χ2n) is 5.57. The maximum Gasteiger partial charge on any atom is 0.293 e. The first kappa shape index (κ1) is 12.6. The van der Waals surface area contributed by atoms with Crippen LogP contribution in [0.25, 0.3) is 0 Å². The van der Waals surface area contributed by atoms with Crippen molar-refractivity contribution in [3.63, 3.8) is 0 Å². The fourth-order valence-electron chi connectivity index (χ4n) is 2.53. The number of rotatable bonds is 6. The lowest BCUT2D eigenvalue weighted by atomic mass is 9.87. The fraction of sp³-hybridized carbons (Fsp3) is 0.846. The Bertz CT molecular complexity index is 293. The van der Waals surface area contributed by atoms with E-state index in [1.54, 1.807) is 0 Å². The summed E-state index contributed by atoms with van der Waals surface area (Å²) in [5, 5.41) is 3.30. The number of ketones is 1. The van der Waals surface area contributed by atoms with Crippen LogP contribution < -0.4 is 5.32 Å². The molecule has 1 saturated carbocycles. The molecule has 4 nitrogen and oxygen atoms in total. The van der Waals surface area contributed by atoms with E-state index in [2.05, 4.69) is 5.32 Å². The highest BCUT2D eigenvalue weighted by atomic mass is 16.5. The van der Waals surface area contributed by atoms with Gasteiger partial charge in [0.25, 0.3) is 6.47 Å². The van der Waals surface area contributed by atoms with Crippen molar-refractivity contribution < 1.29 is 14.3 Å². The molecule has 0 radical (unpaired) electrons. The normalized spacial score (nSPS) is 25.0. The van der Waals surface area contributed by atoms with Gasteiger partial charge in [0.2, 0.25) is 0 Å².